The number of Topliss-reactive ketones (excluding diaryl/α,β-unsaturated/α-hetero) is 1. The summed E-state index contributed by atoms with van der Waals surface area (Å²) < 4.78 is 0. The van der Waals surface area contributed by atoms with Crippen molar-refractivity contribution in [2.75, 3.05) is 14.1 Å². The van der Waals surface area contributed by atoms with Gasteiger partial charge in [-0.05, 0) is 0 Å². The first kappa shape index (κ1) is 10.5. The second kappa shape index (κ2) is 4.38. The zero-order valence-electron chi connectivity index (χ0n) is 7.29. The summed E-state index contributed by atoms with van der Waals surface area (Å²) in [5.74, 6) is -0.314. The van der Waals surface area contributed by atoms with E-state index in [2.05, 4.69) is 0 Å². The van der Waals surface area contributed by atoms with Gasteiger partial charge < -0.3 is 10.0 Å². The van der Waals surface area contributed by atoms with Gasteiger partial charge in [-0.3, -0.25) is 10.1 Å². The van der Waals surface area contributed by atoms with Gasteiger partial charge in [0.15, 0.2) is 5.78 Å². The first-order valence-electron chi connectivity index (χ1n) is 3.32. The smallest absolute Gasteiger partial charge is 0.409 e. The Morgan fingerprint density at radius 3 is 2.17 bits per heavy atom. The minimum Gasteiger partial charge on any atom is -0.465 e. The van der Waals surface area contributed by atoms with Crippen LogP contribution in [-0.4, -0.2) is 36.0 Å². The van der Waals surface area contributed by atoms with E-state index < -0.39 is 6.09 Å². The average molecular weight is 172 g/mol. The summed E-state index contributed by atoms with van der Waals surface area (Å²) >= 11 is 0. The van der Waals surface area contributed by atoms with E-state index in [0.717, 1.165) is 0 Å². The van der Waals surface area contributed by atoms with Gasteiger partial charge in [0, 0.05) is 27.2 Å². The minimum atomic E-state index is -1.24. The van der Waals surface area contributed by atoms with Gasteiger partial charge in [0.1, 0.15) is 5.70 Å². The Morgan fingerprint density at radius 2 is 1.92 bits per heavy atom. The molecule has 0 atom stereocenters. The molecule has 5 heteroatoms. The standard InChI is InChI=1S/C7H12N2O3/c1-5(10)6(4-9(2)3)8-7(11)12/h4,8H,1-3H3,(H,11,12). The molecule has 2 N–H and O–H groups in total. The van der Waals surface area contributed by atoms with Crippen molar-refractivity contribution in [2.45, 2.75) is 6.92 Å². The van der Waals surface area contributed by atoms with E-state index in [4.69, 9.17) is 5.11 Å². The molecule has 0 saturated carbocycles. The topological polar surface area (TPSA) is 69.6 Å². The lowest BCUT2D eigenvalue weighted by molar-refractivity contribution is -0.114. The fourth-order valence-electron chi connectivity index (χ4n) is 0.585. The van der Waals surface area contributed by atoms with Crippen LogP contribution in [0.15, 0.2) is 11.9 Å². The molecular weight excluding hydrogens is 160 g/mol. The molecule has 0 fully saturated rings. The molecule has 0 rings (SSSR count). The summed E-state index contributed by atoms with van der Waals surface area (Å²) in [7, 11) is 3.40. The fraction of sp³-hybridized carbons (Fsp3) is 0.429. The van der Waals surface area contributed by atoms with Crippen molar-refractivity contribution in [3.8, 4) is 0 Å². The molecule has 0 saturated heterocycles. The number of hydrogen-bond donors (Lipinski definition) is 2. The number of nitrogens with one attached hydrogen (secondary N) is 1. The van der Waals surface area contributed by atoms with Crippen LogP contribution < -0.4 is 5.32 Å². The molecule has 68 valence electrons. The number of carboxylic acid groups (broad SMARTS) is 1. The molecule has 0 aromatic heterocycles. The largest absolute Gasteiger partial charge is 0.465 e. The normalized spacial score (nSPS) is 10.8. The highest BCUT2D eigenvalue weighted by Gasteiger charge is 2.06. The van der Waals surface area contributed by atoms with Crippen LogP contribution in [-0.2, 0) is 4.79 Å². The first-order chi connectivity index (χ1) is 5.43. The van der Waals surface area contributed by atoms with Crippen LogP contribution in [0.3, 0.4) is 0 Å². The monoisotopic (exact) mass is 172 g/mol. The molecule has 0 unspecified atom stereocenters. The molecule has 0 aromatic rings. The third kappa shape index (κ3) is 4.32. The predicted octanol–water partition coefficient (Wildman–Crippen LogP) is 0.246. The molecule has 0 bridgehead atoms. The summed E-state index contributed by atoms with van der Waals surface area (Å²) in [6, 6.07) is 0. The molecule has 0 aliphatic carbocycles. The molecule has 5 nitrogen and oxygen atoms in total. The Labute approximate surface area is 70.7 Å². The van der Waals surface area contributed by atoms with Crippen LogP contribution in [0.5, 0.6) is 0 Å². The molecule has 0 radical (unpaired) electrons. The van der Waals surface area contributed by atoms with Crippen LogP contribution in [0.2, 0.25) is 0 Å². The van der Waals surface area contributed by atoms with Crippen LogP contribution in [0.25, 0.3) is 0 Å². The van der Waals surface area contributed by atoms with Gasteiger partial charge in [0.05, 0.1) is 0 Å². The summed E-state index contributed by atoms with van der Waals surface area (Å²) in [6.45, 7) is 1.30. The van der Waals surface area contributed by atoms with Crippen molar-refractivity contribution in [3.05, 3.63) is 11.9 Å². The maximum absolute atomic E-state index is 10.8. The highest BCUT2D eigenvalue weighted by molar-refractivity contribution is 5.95. The highest BCUT2D eigenvalue weighted by Crippen LogP contribution is 1.92. The van der Waals surface area contributed by atoms with Gasteiger partial charge in [0.25, 0.3) is 0 Å². The van der Waals surface area contributed by atoms with E-state index in [0.29, 0.717) is 0 Å². The number of carbonyl (C=O) groups is 2. The number of carbonyl (C=O) groups excluding carboxylic acids is 1. The second-order valence-electron chi connectivity index (χ2n) is 2.49. The molecule has 0 aromatic carbocycles. The Bertz CT molecular complexity index is 221. The molecule has 1 amide bonds. The van der Waals surface area contributed by atoms with Crippen LogP contribution in [0.4, 0.5) is 4.79 Å². The van der Waals surface area contributed by atoms with Crippen LogP contribution in [0, 0.1) is 0 Å². The van der Waals surface area contributed by atoms with Crippen LogP contribution >= 0.6 is 0 Å². The molecule has 0 heterocycles. The lowest BCUT2D eigenvalue weighted by Gasteiger charge is -2.08. The summed E-state index contributed by atoms with van der Waals surface area (Å²) in [4.78, 5) is 22.6. The van der Waals surface area contributed by atoms with E-state index in [-0.39, 0.29) is 11.5 Å². The zero-order chi connectivity index (χ0) is 9.72. The van der Waals surface area contributed by atoms with E-state index in [1.807, 2.05) is 5.32 Å². The Balaban J connectivity index is 4.44. The minimum absolute atomic E-state index is 0.0625. The SMILES string of the molecule is CC(=O)C(=CN(C)C)NC(=O)O. The fourth-order valence-corrected chi connectivity index (χ4v) is 0.585. The van der Waals surface area contributed by atoms with Crippen LogP contribution in [0.1, 0.15) is 6.92 Å². The summed E-state index contributed by atoms with van der Waals surface area (Å²) in [5, 5.41) is 10.3. The van der Waals surface area contributed by atoms with E-state index in [1.54, 1.807) is 19.0 Å². The van der Waals surface area contributed by atoms with E-state index in [1.165, 1.54) is 13.1 Å². The van der Waals surface area contributed by atoms with Crippen molar-refractivity contribution in [1.82, 2.24) is 10.2 Å². The van der Waals surface area contributed by atoms with Crippen molar-refractivity contribution >= 4 is 11.9 Å². The molecular formula is C7H12N2O3. The maximum atomic E-state index is 10.8. The third-order valence-corrected chi connectivity index (χ3v) is 1.01. The van der Waals surface area contributed by atoms with Gasteiger partial charge in [-0.25, -0.2) is 4.79 Å². The van der Waals surface area contributed by atoms with Gasteiger partial charge in [-0.15, -0.1) is 0 Å². The molecule has 0 aliphatic heterocycles. The molecule has 0 aliphatic rings. The predicted molar refractivity (Wildman–Crippen MR) is 43.6 cm³/mol. The second-order valence-corrected chi connectivity index (χ2v) is 2.49. The van der Waals surface area contributed by atoms with Gasteiger partial charge in [-0.2, -0.15) is 0 Å². The number of hydrogen-bond acceptors (Lipinski definition) is 3. The average Bonchev–Trinajstić information content (AvgIpc) is 1.83. The Morgan fingerprint density at radius 1 is 1.42 bits per heavy atom. The molecule has 0 spiro atoms. The number of nitrogens with zero attached hydrogens (tertiary/aromatic N) is 1. The highest BCUT2D eigenvalue weighted by atomic mass is 16.4. The number of amides is 1. The van der Waals surface area contributed by atoms with E-state index in [9.17, 15) is 9.59 Å². The van der Waals surface area contributed by atoms with Gasteiger partial charge in [-0.1, -0.05) is 0 Å². The quantitative estimate of drug-likeness (QED) is 0.598. The molecule has 12 heavy (non-hydrogen) atoms. The van der Waals surface area contributed by atoms with Gasteiger partial charge >= 0.3 is 6.09 Å². The number of rotatable bonds is 3. The Hall–Kier alpha value is -1.52. The van der Waals surface area contributed by atoms with Gasteiger partial charge in [0.2, 0.25) is 0 Å². The van der Waals surface area contributed by atoms with Crippen molar-refractivity contribution in [2.24, 2.45) is 0 Å². The van der Waals surface area contributed by atoms with E-state index >= 15 is 0 Å². The summed E-state index contributed by atoms with van der Waals surface area (Å²) in [5.41, 5.74) is 0.0625. The van der Waals surface area contributed by atoms with Crippen molar-refractivity contribution in [1.29, 1.82) is 0 Å². The first-order valence-corrected chi connectivity index (χ1v) is 3.32. The maximum Gasteiger partial charge on any atom is 0.409 e. The lowest BCUT2D eigenvalue weighted by Crippen LogP contribution is -2.26. The lowest BCUT2D eigenvalue weighted by atomic mass is 10.3. The zero-order valence-corrected chi connectivity index (χ0v) is 7.29. The third-order valence-electron chi connectivity index (χ3n) is 1.01. The Kier molecular flexibility index (Phi) is 3.82. The summed E-state index contributed by atoms with van der Waals surface area (Å²) in [6.07, 6.45) is 0.175. The van der Waals surface area contributed by atoms with Crippen molar-refractivity contribution < 1.29 is 14.7 Å². The number of allylic oxidation sites excluding steroid dienone is 1. The van der Waals surface area contributed by atoms with Crippen molar-refractivity contribution in [3.63, 3.8) is 0 Å². The number of ketones is 1.